The number of rotatable bonds is 1. The Kier molecular flexibility index (Phi) is 3.72. The van der Waals surface area contributed by atoms with Crippen LogP contribution in [0, 0.1) is 23.2 Å². The van der Waals surface area contributed by atoms with E-state index in [2.05, 4.69) is 0 Å². The third-order valence-corrected chi connectivity index (χ3v) is 7.01. The van der Waals surface area contributed by atoms with Crippen LogP contribution in [0.1, 0.15) is 37.3 Å². The van der Waals surface area contributed by atoms with E-state index in [9.17, 15) is 23.1 Å². The van der Waals surface area contributed by atoms with Gasteiger partial charge in [0.15, 0.2) is 0 Å². The van der Waals surface area contributed by atoms with Crippen molar-refractivity contribution in [1.82, 2.24) is 0 Å². The van der Waals surface area contributed by atoms with Gasteiger partial charge in [0.1, 0.15) is 11.8 Å². The van der Waals surface area contributed by atoms with Gasteiger partial charge in [-0.2, -0.15) is 18.4 Å². The Morgan fingerprint density at radius 3 is 2.83 bits per heavy atom. The van der Waals surface area contributed by atoms with Crippen molar-refractivity contribution in [2.75, 3.05) is 11.5 Å². The average Bonchev–Trinajstić information content (AvgIpc) is 3.14. The van der Waals surface area contributed by atoms with E-state index < -0.39 is 52.7 Å². The molecule has 1 amide bonds. The van der Waals surface area contributed by atoms with E-state index >= 15 is 0 Å². The van der Waals surface area contributed by atoms with Crippen LogP contribution in [-0.4, -0.2) is 41.2 Å². The zero-order valence-electron chi connectivity index (χ0n) is 15.6. The molecule has 0 aliphatic carbocycles. The average molecular weight is 408 g/mol. The summed E-state index contributed by atoms with van der Waals surface area (Å²) in [5, 5.41) is 19.6. The predicted octanol–water partition coefficient (Wildman–Crippen LogP) is 2.58. The molecule has 4 aliphatic heterocycles. The molecule has 154 valence electrons. The van der Waals surface area contributed by atoms with Gasteiger partial charge >= 0.3 is 6.18 Å². The highest BCUT2D eigenvalue weighted by Crippen LogP contribution is 2.64. The van der Waals surface area contributed by atoms with Gasteiger partial charge in [0.05, 0.1) is 34.8 Å². The van der Waals surface area contributed by atoms with Crippen LogP contribution in [0.4, 0.5) is 18.9 Å². The quantitative estimate of drug-likeness (QED) is 0.773. The summed E-state index contributed by atoms with van der Waals surface area (Å²) in [5.41, 5.74) is -3.36. The Bertz CT molecular complexity index is 945. The summed E-state index contributed by atoms with van der Waals surface area (Å²) in [4.78, 5) is 14.7. The Balaban J connectivity index is 1.64. The van der Waals surface area contributed by atoms with Crippen LogP contribution in [-0.2, 0) is 20.4 Å². The second-order valence-corrected chi connectivity index (χ2v) is 8.49. The number of alkyl halides is 3. The number of nitrogens with zero attached hydrogens (tertiary/aromatic N) is 2. The molecule has 5 rings (SSSR count). The number of nitriles is 1. The monoisotopic (exact) mass is 408 g/mol. The highest BCUT2D eigenvalue weighted by atomic mass is 19.4. The predicted molar refractivity (Wildman–Crippen MR) is 92.4 cm³/mol. The van der Waals surface area contributed by atoms with Crippen molar-refractivity contribution in [3.8, 4) is 6.07 Å². The Labute approximate surface area is 164 Å². The number of halogens is 3. The third kappa shape index (κ3) is 2.31. The van der Waals surface area contributed by atoms with Gasteiger partial charge in [-0.05, 0) is 38.0 Å². The second-order valence-electron chi connectivity index (χ2n) is 8.49. The lowest BCUT2D eigenvalue weighted by Gasteiger charge is -2.35. The molecule has 1 aromatic rings. The molecular weight excluding hydrogens is 389 g/mol. The number of aliphatic hydroxyl groups excluding tert-OH is 1. The van der Waals surface area contributed by atoms with Crippen LogP contribution >= 0.6 is 0 Å². The number of benzene rings is 1. The van der Waals surface area contributed by atoms with Crippen molar-refractivity contribution < 1.29 is 32.5 Å². The van der Waals surface area contributed by atoms with Gasteiger partial charge < -0.3 is 14.6 Å². The fourth-order valence-electron chi connectivity index (χ4n) is 5.83. The van der Waals surface area contributed by atoms with Crippen molar-refractivity contribution in [2.45, 2.75) is 55.9 Å². The first-order chi connectivity index (χ1) is 13.6. The molecule has 0 saturated carbocycles. The SMILES string of the molecule is C[C@@]12O[C@]3(CCCO[C@@H]4C3[C@H]1C(=O)N4c1ccc(C#N)c(C(F)(F)F)c1)C[C@@H]2O. The smallest absolute Gasteiger partial charge is 0.390 e. The molecule has 0 radical (unpaired) electrons. The summed E-state index contributed by atoms with van der Waals surface area (Å²) >= 11 is 0. The number of carbonyl (C=O) groups is 1. The summed E-state index contributed by atoms with van der Waals surface area (Å²) in [6, 6.07) is 4.80. The summed E-state index contributed by atoms with van der Waals surface area (Å²) in [6.45, 7) is 2.04. The van der Waals surface area contributed by atoms with E-state index in [-0.39, 0.29) is 11.6 Å². The summed E-state index contributed by atoms with van der Waals surface area (Å²) in [7, 11) is 0. The first-order valence-electron chi connectivity index (χ1n) is 9.57. The van der Waals surface area contributed by atoms with Crippen molar-refractivity contribution in [3.63, 3.8) is 0 Å². The minimum Gasteiger partial charge on any atom is -0.390 e. The van der Waals surface area contributed by atoms with E-state index in [1.165, 1.54) is 11.0 Å². The lowest BCUT2D eigenvalue weighted by atomic mass is 9.65. The topological polar surface area (TPSA) is 82.8 Å². The lowest BCUT2D eigenvalue weighted by molar-refractivity contribution is -0.138. The molecule has 1 spiro atoms. The molecule has 1 aromatic carbocycles. The first-order valence-corrected chi connectivity index (χ1v) is 9.57. The van der Waals surface area contributed by atoms with E-state index in [1.807, 2.05) is 0 Å². The number of carbonyl (C=O) groups excluding carboxylic acids is 1. The molecule has 6 atom stereocenters. The molecule has 29 heavy (non-hydrogen) atoms. The fraction of sp³-hybridized carbons (Fsp3) is 0.600. The molecule has 4 aliphatic rings. The van der Waals surface area contributed by atoms with E-state index in [1.54, 1.807) is 13.0 Å². The maximum Gasteiger partial charge on any atom is 0.417 e. The Hall–Kier alpha value is -2.15. The van der Waals surface area contributed by atoms with Crippen molar-refractivity contribution >= 4 is 11.6 Å². The molecule has 4 saturated heterocycles. The number of amides is 1. The Morgan fingerprint density at radius 2 is 2.14 bits per heavy atom. The third-order valence-electron chi connectivity index (χ3n) is 7.01. The molecule has 1 unspecified atom stereocenters. The highest BCUT2D eigenvalue weighted by Gasteiger charge is 2.77. The zero-order valence-corrected chi connectivity index (χ0v) is 15.6. The summed E-state index contributed by atoms with van der Waals surface area (Å²) < 4.78 is 52.6. The number of ether oxygens (including phenoxy) is 2. The number of aliphatic hydroxyl groups is 1. The van der Waals surface area contributed by atoms with Gasteiger partial charge in [0.2, 0.25) is 5.91 Å². The van der Waals surface area contributed by atoms with Crippen molar-refractivity contribution in [3.05, 3.63) is 29.3 Å². The van der Waals surface area contributed by atoms with Crippen LogP contribution in [0.2, 0.25) is 0 Å². The Morgan fingerprint density at radius 1 is 1.38 bits per heavy atom. The van der Waals surface area contributed by atoms with Gasteiger partial charge in [-0.1, -0.05) is 0 Å². The standard InChI is InChI=1S/C20H19F3N2O4/c1-18-13(26)8-19(29-18)5-2-6-28-17-15(19)14(18)16(27)25(17)11-4-3-10(9-24)12(7-11)20(21,22)23/h3-4,7,13-15,17,26H,2,5-6,8H2,1H3/t13-,14-,15?,17+,18-,19+/m0/s1. The summed E-state index contributed by atoms with van der Waals surface area (Å²) in [5.74, 6) is -1.47. The molecule has 6 nitrogen and oxygen atoms in total. The first kappa shape index (κ1) is 18.9. The maximum atomic E-state index is 13.5. The molecule has 4 fully saturated rings. The molecule has 2 bridgehead atoms. The van der Waals surface area contributed by atoms with Crippen molar-refractivity contribution in [1.29, 1.82) is 5.26 Å². The van der Waals surface area contributed by atoms with Gasteiger partial charge in [0, 0.05) is 24.6 Å². The minimum absolute atomic E-state index is 0.0373. The number of anilines is 1. The van der Waals surface area contributed by atoms with Crippen LogP contribution in [0.25, 0.3) is 0 Å². The molecule has 9 heteroatoms. The minimum atomic E-state index is -4.73. The van der Waals surface area contributed by atoms with E-state index in [4.69, 9.17) is 14.7 Å². The van der Waals surface area contributed by atoms with E-state index in [0.717, 1.165) is 12.1 Å². The zero-order chi connectivity index (χ0) is 20.8. The largest absolute Gasteiger partial charge is 0.417 e. The molecule has 4 heterocycles. The molecule has 0 aromatic heterocycles. The maximum absolute atomic E-state index is 13.5. The summed E-state index contributed by atoms with van der Waals surface area (Å²) in [6.07, 6.45) is -4.63. The van der Waals surface area contributed by atoms with E-state index in [0.29, 0.717) is 25.9 Å². The van der Waals surface area contributed by atoms with Crippen LogP contribution in [0.3, 0.4) is 0 Å². The van der Waals surface area contributed by atoms with Gasteiger partial charge in [-0.25, -0.2) is 0 Å². The number of fused-ring (bicyclic) bond motifs is 2. The van der Waals surface area contributed by atoms with Crippen LogP contribution in [0.5, 0.6) is 0 Å². The number of hydrogen-bond donors (Lipinski definition) is 1. The fourth-order valence-corrected chi connectivity index (χ4v) is 5.83. The second kappa shape index (κ2) is 5.72. The highest BCUT2D eigenvalue weighted by molar-refractivity contribution is 6.00. The van der Waals surface area contributed by atoms with Gasteiger partial charge in [0.25, 0.3) is 0 Å². The molecule has 1 N–H and O–H groups in total. The van der Waals surface area contributed by atoms with Gasteiger partial charge in [-0.3, -0.25) is 9.69 Å². The normalized spacial score (nSPS) is 40.7. The number of hydrogen-bond acceptors (Lipinski definition) is 5. The van der Waals surface area contributed by atoms with Gasteiger partial charge in [-0.15, -0.1) is 0 Å². The molecular formula is C20H19F3N2O4. The lowest BCUT2D eigenvalue weighted by Crippen LogP contribution is -2.49. The van der Waals surface area contributed by atoms with Crippen LogP contribution in [0.15, 0.2) is 18.2 Å². The van der Waals surface area contributed by atoms with Crippen molar-refractivity contribution in [2.24, 2.45) is 11.8 Å². The van der Waals surface area contributed by atoms with Crippen LogP contribution < -0.4 is 4.90 Å².